The van der Waals surface area contributed by atoms with E-state index in [1.165, 1.54) is 11.3 Å². The Bertz CT molecular complexity index is 891. The van der Waals surface area contributed by atoms with Crippen LogP contribution >= 0.6 is 11.3 Å². The standard InChI is InChI=1S/C20H26N4O3S/c1-22-18(25)17-16(21)13-5-6-14(23-19(13)28-17)15-4-2-3-9-24(15)20(26)12-7-10-27-11-8-12/h5-6,12,15H,2-4,7-11,21H2,1H3,(H,22,25)/t15-/m0/s1. The third-order valence-electron chi connectivity index (χ3n) is 5.75. The molecular formula is C20H26N4O3S. The number of carbonyl (C=O) groups is 2. The molecule has 2 aromatic rings. The van der Waals surface area contributed by atoms with Crippen LogP contribution in [0.1, 0.15) is 53.5 Å². The number of anilines is 1. The molecule has 150 valence electrons. The van der Waals surface area contributed by atoms with Crippen molar-refractivity contribution in [2.45, 2.75) is 38.1 Å². The lowest BCUT2D eigenvalue weighted by Gasteiger charge is -2.38. The van der Waals surface area contributed by atoms with Gasteiger partial charge in [0.2, 0.25) is 5.91 Å². The van der Waals surface area contributed by atoms with Crippen molar-refractivity contribution in [3.05, 3.63) is 22.7 Å². The first-order chi connectivity index (χ1) is 13.6. The quantitative estimate of drug-likeness (QED) is 0.823. The van der Waals surface area contributed by atoms with Gasteiger partial charge in [0, 0.05) is 38.1 Å². The Morgan fingerprint density at radius 1 is 1.25 bits per heavy atom. The predicted octanol–water partition coefficient (Wildman–Crippen LogP) is 2.72. The van der Waals surface area contributed by atoms with Gasteiger partial charge in [0.15, 0.2) is 0 Å². The summed E-state index contributed by atoms with van der Waals surface area (Å²) in [6, 6.07) is 3.88. The SMILES string of the molecule is CNC(=O)c1sc2nc([C@@H]3CCCCN3C(=O)C3CCOCC3)ccc2c1N. The smallest absolute Gasteiger partial charge is 0.263 e. The second kappa shape index (κ2) is 8.05. The van der Waals surface area contributed by atoms with Crippen LogP contribution in [0.15, 0.2) is 12.1 Å². The molecule has 2 fully saturated rings. The van der Waals surface area contributed by atoms with Crippen LogP contribution in [0.3, 0.4) is 0 Å². The number of rotatable bonds is 3. The highest BCUT2D eigenvalue weighted by Crippen LogP contribution is 2.37. The van der Waals surface area contributed by atoms with Gasteiger partial charge in [-0.25, -0.2) is 4.98 Å². The summed E-state index contributed by atoms with van der Waals surface area (Å²) in [5.74, 6) is 0.0815. The van der Waals surface area contributed by atoms with E-state index in [0.29, 0.717) is 23.8 Å². The fraction of sp³-hybridized carbons (Fsp3) is 0.550. The maximum atomic E-state index is 13.2. The van der Waals surface area contributed by atoms with Gasteiger partial charge in [-0.1, -0.05) is 0 Å². The summed E-state index contributed by atoms with van der Waals surface area (Å²) in [5.41, 5.74) is 7.51. The molecule has 1 atom stereocenters. The number of nitrogens with zero attached hydrogens (tertiary/aromatic N) is 2. The van der Waals surface area contributed by atoms with Gasteiger partial charge in [-0.15, -0.1) is 11.3 Å². The summed E-state index contributed by atoms with van der Waals surface area (Å²) in [4.78, 5) is 33.3. The number of nitrogens with two attached hydrogens (primary N) is 1. The Hall–Kier alpha value is -2.19. The normalized spacial score (nSPS) is 21.0. The fourth-order valence-electron chi connectivity index (χ4n) is 4.16. The van der Waals surface area contributed by atoms with Crippen molar-refractivity contribution in [2.75, 3.05) is 32.5 Å². The zero-order chi connectivity index (χ0) is 19.7. The molecule has 3 N–H and O–H groups in total. The lowest BCUT2D eigenvalue weighted by molar-refractivity contribution is -0.142. The third kappa shape index (κ3) is 3.46. The van der Waals surface area contributed by atoms with E-state index in [1.807, 2.05) is 17.0 Å². The molecule has 4 heterocycles. The molecule has 0 bridgehead atoms. The number of amides is 2. The van der Waals surface area contributed by atoms with E-state index < -0.39 is 0 Å². The second-order valence-electron chi connectivity index (χ2n) is 7.44. The van der Waals surface area contributed by atoms with E-state index in [0.717, 1.165) is 54.6 Å². The molecule has 2 amide bonds. The highest BCUT2D eigenvalue weighted by Gasteiger charge is 2.34. The molecule has 28 heavy (non-hydrogen) atoms. The maximum Gasteiger partial charge on any atom is 0.263 e. The van der Waals surface area contributed by atoms with Gasteiger partial charge in [0.05, 0.1) is 17.4 Å². The molecule has 0 radical (unpaired) electrons. The molecule has 0 unspecified atom stereocenters. The van der Waals surface area contributed by atoms with Crippen molar-refractivity contribution >= 4 is 39.1 Å². The monoisotopic (exact) mass is 402 g/mol. The summed E-state index contributed by atoms with van der Waals surface area (Å²) >= 11 is 1.30. The first-order valence-electron chi connectivity index (χ1n) is 9.89. The van der Waals surface area contributed by atoms with Gasteiger partial charge >= 0.3 is 0 Å². The highest BCUT2D eigenvalue weighted by atomic mass is 32.1. The Labute approximate surface area is 168 Å². The number of carbonyl (C=O) groups excluding carboxylic acids is 2. The average Bonchev–Trinajstić information content (AvgIpc) is 3.09. The van der Waals surface area contributed by atoms with Gasteiger partial charge in [0.25, 0.3) is 5.91 Å². The molecule has 2 aliphatic rings. The van der Waals surface area contributed by atoms with Crippen LogP contribution in [-0.2, 0) is 9.53 Å². The summed E-state index contributed by atoms with van der Waals surface area (Å²) in [5, 5.41) is 3.42. The molecule has 7 nitrogen and oxygen atoms in total. The van der Waals surface area contributed by atoms with E-state index >= 15 is 0 Å². The minimum absolute atomic E-state index is 0.0136. The number of hydrogen-bond acceptors (Lipinski definition) is 6. The molecule has 2 aromatic heterocycles. The summed E-state index contributed by atoms with van der Waals surface area (Å²) in [6.07, 6.45) is 4.62. The van der Waals surface area contributed by atoms with Crippen LogP contribution in [0.25, 0.3) is 10.2 Å². The van der Waals surface area contributed by atoms with Crippen molar-refractivity contribution in [3.63, 3.8) is 0 Å². The van der Waals surface area contributed by atoms with E-state index in [-0.39, 0.29) is 23.8 Å². The Kier molecular flexibility index (Phi) is 5.50. The van der Waals surface area contributed by atoms with Crippen molar-refractivity contribution in [1.29, 1.82) is 0 Å². The summed E-state index contributed by atoms with van der Waals surface area (Å²) in [7, 11) is 1.59. The maximum absolute atomic E-state index is 13.2. The molecule has 0 aromatic carbocycles. The van der Waals surface area contributed by atoms with Crippen LogP contribution in [0.4, 0.5) is 5.69 Å². The second-order valence-corrected chi connectivity index (χ2v) is 8.44. The largest absolute Gasteiger partial charge is 0.397 e. The lowest BCUT2D eigenvalue weighted by Crippen LogP contribution is -2.43. The van der Waals surface area contributed by atoms with Gasteiger partial charge in [-0.2, -0.15) is 0 Å². The molecule has 8 heteroatoms. The zero-order valence-corrected chi connectivity index (χ0v) is 16.9. The van der Waals surface area contributed by atoms with Crippen molar-refractivity contribution in [1.82, 2.24) is 15.2 Å². The van der Waals surface area contributed by atoms with E-state index in [2.05, 4.69) is 5.32 Å². The number of pyridine rings is 1. The van der Waals surface area contributed by atoms with E-state index in [4.69, 9.17) is 15.5 Å². The fourth-order valence-corrected chi connectivity index (χ4v) is 5.21. The van der Waals surface area contributed by atoms with Crippen LogP contribution in [0.2, 0.25) is 0 Å². The van der Waals surface area contributed by atoms with Crippen LogP contribution < -0.4 is 11.1 Å². The number of likely N-dealkylation sites (tertiary alicyclic amines) is 1. The molecule has 0 spiro atoms. The topological polar surface area (TPSA) is 97.5 Å². The van der Waals surface area contributed by atoms with Crippen LogP contribution in [0, 0.1) is 5.92 Å². The van der Waals surface area contributed by atoms with Gasteiger partial charge < -0.3 is 20.7 Å². The minimum atomic E-state index is -0.198. The Morgan fingerprint density at radius 3 is 2.79 bits per heavy atom. The number of hydrogen-bond donors (Lipinski definition) is 2. The Balaban J connectivity index is 1.64. The number of piperidine rings is 1. The van der Waals surface area contributed by atoms with Crippen LogP contribution in [-0.4, -0.2) is 48.5 Å². The van der Waals surface area contributed by atoms with Crippen molar-refractivity contribution < 1.29 is 14.3 Å². The Morgan fingerprint density at radius 2 is 2.04 bits per heavy atom. The van der Waals surface area contributed by atoms with Gasteiger partial charge in [-0.3, -0.25) is 9.59 Å². The number of fused-ring (bicyclic) bond motifs is 1. The van der Waals surface area contributed by atoms with Crippen molar-refractivity contribution in [2.24, 2.45) is 5.92 Å². The van der Waals surface area contributed by atoms with Gasteiger partial charge in [-0.05, 0) is 44.2 Å². The van der Waals surface area contributed by atoms with Crippen molar-refractivity contribution in [3.8, 4) is 0 Å². The van der Waals surface area contributed by atoms with Gasteiger partial charge in [0.1, 0.15) is 9.71 Å². The number of ether oxygens (including phenoxy) is 1. The molecule has 2 aliphatic heterocycles. The first-order valence-corrected chi connectivity index (χ1v) is 10.7. The molecule has 0 aliphatic carbocycles. The number of thiophene rings is 1. The molecule has 0 saturated carbocycles. The van der Waals surface area contributed by atoms with E-state index in [1.54, 1.807) is 7.05 Å². The first kappa shape index (κ1) is 19.1. The number of aromatic nitrogens is 1. The summed E-state index contributed by atoms with van der Waals surface area (Å²) in [6.45, 7) is 2.10. The number of nitrogens with one attached hydrogen (secondary N) is 1. The van der Waals surface area contributed by atoms with Crippen LogP contribution in [0.5, 0.6) is 0 Å². The highest BCUT2D eigenvalue weighted by molar-refractivity contribution is 7.21. The summed E-state index contributed by atoms with van der Waals surface area (Å²) < 4.78 is 5.41. The molecule has 4 rings (SSSR count). The minimum Gasteiger partial charge on any atom is -0.397 e. The molecular weight excluding hydrogens is 376 g/mol. The number of nitrogen functional groups attached to an aromatic ring is 1. The third-order valence-corrected chi connectivity index (χ3v) is 6.86. The predicted molar refractivity (Wildman–Crippen MR) is 109 cm³/mol. The lowest BCUT2D eigenvalue weighted by atomic mass is 9.93. The van der Waals surface area contributed by atoms with E-state index in [9.17, 15) is 9.59 Å². The molecule has 2 saturated heterocycles. The average molecular weight is 403 g/mol. The zero-order valence-electron chi connectivity index (χ0n) is 16.1.